The molecule has 0 aliphatic carbocycles. The lowest BCUT2D eigenvalue weighted by molar-refractivity contribution is 0.0697. The molecule has 0 amide bonds. The lowest BCUT2D eigenvalue weighted by Gasteiger charge is -2.09. The summed E-state index contributed by atoms with van der Waals surface area (Å²) in [4.78, 5) is 10.9. The Labute approximate surface area is 140 Å². The molecule has 0 spiro atoms. The van der Waals surface area contributed by atoms with Crippen molar-refractivity contribution < 1.29 is 14.3 Å². The quantitative estimate of drug-likeness (QED) is 0.737. The van der Waals surface area contributed by atoms with Gasteiger partial charge in [0.1, 0.15) is 0 Å². The van der Waals surface area contributed by atoms with Crippen LogP contribution in [0.15, 0.2) is 59.0 Å². The molecule has 1 aromatic heterocycles. The van der Waals surface area contributed by atoms with E-state index in [1.807, 2.05) is 18.2 Å². The van der Waals surface area contributed by atoms with Crippen LogP contribution in [0.2, 0.25) is 0 Å². The van der Waals surface area contributed by atoms with E-state index in [9.17, 15) is 4.79 Å². The van der Waals surface area contributed by atoms with Crippen LogP contribution in [0.3, 0.4) is 0 Å². The molecule has 0 aliphatic rings. The zero-order chi connectivity index (χ0) is 16.9. The molecule has 0 fully saturated rings. The Kier molecular flexibility index (Phi) is 4.70. The molecule has 122 valence electrons. The largest absolute Gasteiger partial charge is 0.478 e. The molecule has 1 heterocycles. The first-order valence-corrected chi connectivity index (χ1v) is 7.84. The summed E-state index contributed by atoms with van der Waals surface area (Å²) in [5.74, 6) is 0.462. The van der Waals surface area contributed by atoms with Crippen molar-refractivity contribution in [1.82, 2.24) is 10.2 Å². The standard InChI is InChI=1S/C19H18N2O3/c1-13(14-5-3-2-4-6-14)7-12-17-20-21-18(24-17)15-8-10-16(11-9-15)19(22)23/h2-6,8-11,13H,7,12H2,1H3,(H,22,23). The average molecular weight is 322 g/mol. The molecule has 0 saturated heterocycles. The van der Waals surface area contributed by atoms with Crippen LogP contribution in [0.1, 0.15) is 41.1 Å². The van der Waals surface area contributed by atoms with Gasteiger partial charge in [0.25, 0.3) is 0 Å². The van der Waals surface area contributed by atoms with Gasteiger partial charge in [-0.15, -0.1) is 10.2 Å². The molecule has 0 aliphatic heterocycles. The van der Waals surface area contributed by atoms with Crippen molar-refractivity contribution in [2.45, 2.75) is 25.7 Å². The summed E-state index contributed by atoms with van der Waals surface area (Å²) in [5.41, 5.74) is 2.24. The maximum atomic E-state index is 10.9. The minimum absolute atomic E-state index is 0.232. The Morgan fingerprint density at radius 1 is 1.08 bits per heavy atom. The summed E-state index contributed by atoms with van der Waals surface area (Å²) in [6, 6.07) is 16.7. The van der Waals surface area contributed by atoms with Crippen molar-refractivity contribution in [3.8, 4) is 11.5 Å². The van der Waals surface area contributed by atoms with E-state index in [-0.39, 0.29) is 5.56 Å². The van der Waals surface area contributed by atoms with Crippen LogP contribution in [0, 0.1) is 0 Å². The van der Waals surface area contributed by atoms with Gasteiger partial charge in [0.05, 0.1) is 5.56 Å². The van der Waals surface area contributed by atoms with Gasteiger partial charge >= 0.3 is 5.97 Å². The van der Waals surface area contributed by atoms with E-state index < -0.39 is 5.97 Å². The first kappa shape index (κ1) is 15.9. The summed E-state index contributed by atoms with van der Waals surface area (Å²) in [6.07, 6.45) is 1.62. The van der Waals surface area contributed by atoms with Crippen LogP contribution in [-0.4, -0.2) is 21.3 Å². The molecule has 2 aromatic carbocycles. The lowest BCUT2D eigenvalue weighted by Crippen LogP contribution is -1.96. The monoisotopic (exact) mass is 322 g/mol. The van der Waals surface area contributed by atoms with E-state index in [4.69, 9.17) is 9.52 Å². The normalized spacial score (nSPS) is 12.0. The number of carboxylic acid groups (broad SMARTS) is 1. The highest BCUT2D eigenvalue weighted by molar-refractivity contribution is 5.88. The fourth-order valence-electron chi connectivity index (χ4n) is 2.51. The number of aromatic carboxylic acids is 1. The zero-order valence-electron chi connectivity index (χ0n) is 13.3. The van der Waals surface area contributed by atoms with Gasteiger partial charge in [-0.3, -0.25) is 0 Å². The molecule has 24 heavy (non-hydrogen) atoms. The SMILES string of the molecule is CC(CCc1nnc(-c2ccc(C(=O)O)cc2)o1)c1ccccc1. The van der Waals surface area contributed by atoms with Crippen molar-refractivity contribution >= 4 is 5.97 Å². The van der Waals surface area contributed by atoms with Crippen LogP contribution in [0.5, 0.6) is 0 Å². The molecular weight excluding hydrogens is 304 g/mol. The Morgan fingerprint density at radius 2 is 1.79 bits per heavy atom. The number of carboxylic acids is 1. The summed E-state index contributed by atoms with van der Waals surface area (Å²) >= 11 is 0. The number of carbonyl (C=O) groups is 1. The fourth-order valence-corrected chi connectivity index (χ4v) is 2.51. The van der Waals surface area contributed by atoms with Gasteiger partial charge < -0.3 is 9.52 Å². The second-order valence-corrected chi connectivity index (χ2v) is 5.73. The summed E-state index contributed by atoms with van der Waals surface area (Å²) in [5, 5.41) is 17.0. The van der Waals surface area contributed by atoms with E-state index in [0.717, 1.165) is 12.0 Å². The maximum Gasteiger partial charge on any atom is 0.335 e. The maximum absolute atomic E-state index is 10.9. The van der Waals surface area contributed by atoms with Crippen LogP contribution in [0.4, 0.5) is 0 Å². The Morgan fingerprint density at radius 3 is 2.46 bits per heavy atom. The Hall–Kier alpha value is -2.95. The van der Waals surface area contributed by atoms with Crippen molar-refractivity contribution in [2.75, 3.05) is 0 Å². The second-order valence-electron chi connectivity index (χ2n) is 5.73. The fraction of sp³-hybridized carbons (Fsp3) is 0.211. The predicted molar refractivity (Wildman–Crippen MR) is 89.9 cm³/mol. The number of rotatable bonds is 6. The second kappa shape index (κ2) is 7.08. The lowest BCUT2D eigenvalue weighted by atomic mass is 9.96. The summed E-state index contributed by atoms with van der Waals surface area (Å²) in [7, 11) is 0. The zero-order valence-corrected chi connectivity index (χ0v) is 13.3. The first-order valence-electron chi connectivity index (χ1n) is 7.84. The van der Waals surface area contributed by atoms with Crippen molar-refractivity contribution in [3.63, 3.8) is 0 Å². The van der Waals surface area contributed by atoms with Crippen LogP contribution >= 0.6 is 0 Å². The van der Waals surface area contributed by atoms with Gasteiger partial charge in [-0.25, -0.2) is 4.79 Å². The van der Waals surface area contributed by atoms with Crippen LogP contribution < -0.4 is 0 Å². The third kappa shape index (κ3) is 3.68. The first-order chi connectivity index (χ1) is 11.6. The van der Waals surface area contributed by atoms with Gasteiger partial charge in [-0.05, 0) is 42.2 Å². The highest BCUT2D eigenvalue weighted by atomic mass is 16.4. The van der Waals surface area contributed by atoms with E-state index >= 15 is 0 Å². The topological polar surface area (TPSA) is 76.2 Å². The van der Waals surface area contributed by atoms with E-state index in [1.54, 1.807) is 12.1 Å². The number of nitrogens with zero attached hydrogens (tertiary/aromatic N) is 2. The molecule has 0 saturated carbocycles. The highest BCUT2D eigenvalue weighted by Gasteiger charge is 2.12. The summed E-state index contributed by atoms with van der Waals surface area (Å²) in [6.45, 7) is 2.18. The Balaban J connectivity index is 1.64. The third-order valence-electron chi connectivity index (χ3n) is 4.01. The number of hydrogen-bond donors (Lipinski definition) is 1. The minimum Gasteiger partial charge on any atom is -0.478 e. The van der Waals surface area contributed by atoms with Crippen molar-refractivity contribution in [2.24, 2.45) is 0 Å². The van der Waals surface area contributed by atoms with Crippen LogP contribution in [-0.2, 0) is 6.42 Å². The number of aromatic nitrogens is 2. The minimum atomic E-state index is -0.956. The molecule has 5 nitrogen and oxygen atoms in total. The predicted octanol–water partition coefficient (Wildman–Crippen LogP) is 4.17. The molecule has 1 unspecified atom stereocenters. The van der Waals surface area contributed by atoms with Gasteiger partial charge in [0, 0.05) is 12.0 Å². The van der Waals surface area contributed by atoms with Gasteiger partial charge in [-0.2, -0.15) is 0 Å². The molecular formula is C19H18N2O3. The van der Waals surface area contributed by atoms with Crippen LogP contribution in [0.25, 0.3) is 11.5 Å². The molecule has 0 bridgehead atoms. The van der Waals surface area contributed by atoms with Gasteiger partial charge in [-0.1, -0.05) is 37.3 Å². The van der Waals surface area contributed by atoms with E-state index in [2.05, 4.69) is 29.3 Å². The van der Waals surface area contributed by atoms with E-state index in [1.165, 1.54) is 17.7 Å². The van der Waals surface area contributed by atoms with Crippen molar-refractivity contribution in [3.05, 3.63) is 71.6 Å². The molecule has 5 heteroatoms. The number of hydrogen-bond acceptors (Lipinski definition) is 4. The molecule has 1 N–H and O–H groups in total. The molecule has 3 aromatic rings. The number of benzene rings is 2. The molecule has 1 atom stereocenters. The van der Waals surface area contributed by atoms with Gasteiger partial charge in [0.2, 0.25) is 11.8 Å². The Bertz CT molecular complexity index is 810. The average Bonchev–Trinajstić information content (AvgIpc) is 3.09. The van der Waals surface area contributed by atoms with Gasteiger partial charge in [0.15, 0.2) is 0 Å². The highest BCUT2D eigenvalue weighted by Crippen LogP contribution is 2.23. The molecule has 3 rings (SSSR count). The smallest absolute Gasteiger partial charge is 0.335 e. The third-order valence-corrected chi connectivity index (χ3v) is 4.01. The molecule has 0 radical (unpaired) electrons. The number of aryl methyl sites for hydroxylation is 1. The summed E-state index contributed by atoms with van der Waals surface area (Å²) < 4.78 is 5.69. The van der Waals surface area contributed by atoms with Crippen molar-refractivity contribution in [1.29, 1.82) is 0 Å². The van der Waals surface area contributed by atoms with E-state index in [0.29, 0.717) is 24.1 Å².